The second-order valence-corrected chi connectivity index (χ2v) is 9.06. The van der Waals surface area contributed by atoms with Crippen molar-refractivity contribution in [2.24, 2.45) is 0 Å². The third kappa shape index (κ3) is 6.15. The predicted molar refractivity (Wildman–Crippen MR) is 155 cm³/mol. The summed E-state index contributed by atoms with van der Waals surface area (Å²) in [6.45, 7) is 6.77. The van der Waals surface area contributed by atoms with Gasteiger partial charge in [-0.2, -0.15) is 5.26 Å². The predicted octanol–water partition coefficient (Wildman–Crippen LogP) is 9.41. The van der Waals surface area contributed by atoms with Gasteiger partial charge >= 0.3 is 0 Å². The van der Waals surface area contributed by atoms with E-state index in [1.54, 1.807) is 0 Å². The summed E-state index contributed by atoms with van der Waals surface area (Å²) in [4.78, 5) is 0. The van der Waals surface area contributed by atoms with Gasteiger partial charge in [0.15, 0.2) is 0 Å². The smallest absolute Gasteiger partial charge is 0.108 e. The molecule has 4 aromatic carbocycles. The molecule has 2 nitrogen and oxygen atoms in total. The molecule has 37 heavy (non-hydrogen) atoms. The molecule has 0 heterocycles. The van der Waals surface area contributed by atoms with Crippen molar-refractivity contribution in [3.05, 3.63) is 143 Å². The normalized spacial score (nSPS) is 12.9. The molecular formula is C35H33NO. The van der Waals surface area contributed by atoms with Crippen molar-refractivity contribution in [1.29, 1.82) is 5.26 Å². The van der Waals surface area contributed by atoms with Crippen LogP contribution in [0.15, 0.2) is 121 Å². The lowest BCUT2D eigenvalue weighted by atomic mass is 9.88. The minimum Gasteiger partial charge on any atom is -0.364 e. The highest BCUT2D eigenvalue weighted by atomic mass is 16.5. The van der Waals surface area contributed by atoms with Crippen LogP contribution in [-0.2, 0) is 11.3 Å². The fourth-order valence-corrected chi connectivity index (χ4v) is 4.62. The number of ether oxygens (including phenoxy) is 1. The van der Waals surface area contributed by atoms with Crippen LogP contribution >= 0.6 is 0 Å². The lowest BCUT2D eigenvalue weighted by molar-refractivity contribution is 0.0662. The molecule has 0 radical (unpaired) electrons. The summed E-state index contributed by atoms with van der Waals surface area (Å²) in [5.41, 5.74) is 7.06. The lowest BCUT2D eigenvalue weighted by Crippen LogP contribution is -2.08. The molecule has 0 aliphatic heterocycles. The summed E-state index contributed by atoms with van der Waals surface area (Å²) in [5, 5.41) is 12.3. The Morgan fingerprint density at radius 3 is 2.49 bits per heavy atom. The first-order valence-corrected chi connectivity index (χ1v) is 12.8. The van der Waals surface area contributed by atoms with Crippen LogP contribution in [0.1, 0.15) is 48.6 Å². The Labute approximate surface area is 220 Å². The summed E-state index contributed by atoms with van der Waals surface area (Å²) in [7, 11) is 0. The van der Waals surface area contributed by atoms with Crippen molar-refractivity contribution < 1.29 is 4.74 Å². The molecule has 1 unspecified atom stereocenters. The van der Waals surface area contributed by atoms with Crippen LogP contribution in [0.4, 0.5) is 0 Å². The summed E-state index contributed by atoms with van der Waals surface area (Å²) in [6, 6.07) is 31.4. The van der Waals surface area contributed by atoms with E-state index in [1.807, 2.05) is 43.3 Å². The number of allylic oxidation sites excluding steroid dienone is 4. The van der Waals surface area contributed by atoms with Crippen LogP contribution in [0.25, 0.3) is 21.9 Å². The third-order valence-electron chi connectivity index (χ3n) is 6.54. The first kappa shape index (κ1) is 25.9. The number of benzene rings is 4. The van der Waals surface area contributed by atoms with Crippen molar-refractivity contribution in [2.45, 2.75) is 39.9 Å². The zero-order valence-corrected chi connectivity index (χ0v) is 21.8. The molecule has 0 fully saturated rings. The highest BCUT2D eigenvalue weighted by molar-refractivity contribution is 5.99. The van der Waals surface area contributed by atoms with Gasteiger partial charge in [-0.3, -0.25) is 0 Å². The number of hydrogen-bond donors (Lipinski definition) is 0. The fraction of sp³-hybridized carbons (Fsp3) is 0.171. The van der Waals surface area contributed by atoms with E-state index in [0.29, 0.717) is 12.2 Å². The first-order chi connectivity index (χ1) is 18.2. The second-order valence-electron chi connectivity index (χ2n) is 9.06. The number of aryl methyl sites for hydroxylation is 1. The standard InChI is InChI=1S/C35H33NO/c1-4-6-7-11-16-28(5-2)35(37-25-27-14-9-8-10-15-27)30-21-22-31(24-36)33(23-30)34-26(3)19-20-29-17-12-13-18-32(29)34/h5-23,35H,4,25H2,1-3H3/b7-6+,16-11-,28-5+. The van der Waals surface area contributed by atoms with Gasteiger partial charge in [-0.05, 0) is 71.0 Å². The van der Waals surface area contributed by atoms with E-state index >= 15 is 0 Å². The highest BCUT2D eigenvalue weighted by Crippen LogP contribution is 2.37. The molecule has 0 saturated heterocycles. The van der Waals surface area contributed by atoms with Gasteiger partial charge in [-0.25, -0.2) is 0 Å². The molecule has 4 rings (SSSR count). The average molecular weight is 484 g/mol. The number of rotatable bonds is 9. The zero-order chi connectivity index (χ0) is 26.0. The summed E-state index contributed by atoms with van der Waals surface area (Å²) in [5.74, 6) is 0. The minimum absolute atomic E-state index is 0.279. The van der Waals surface area contributed by atoms with Gasteiger partial charge in [0.25, 0.3) is 0 Å². The Morgan fingerprint density at radius 1 is 0.946 bits per heavy atom. The molecule has 0 aromatic heterocycles. The molecular weight excluding hydrogens is 450 g/mol. The summed E-state index contributed by atoms with van der Waals surface area (Å²) >= 11 is 0. The van der Waals surface area contributed by atoms with Gasteiger partial charge < -0.3 is 4.74 Å². The zero-order valence-electron chi connectivity index (χ0n) is 21.8. The van der Waals surface area contributed by atoms with Crippen LogP contribution in [0.3, 0.4) is 0 Å². The third-order valence-corrected chi connectivity index (χ3v) is 6.54. The number of nitriles is 1. The molecule has 4 aromatic rings. The van der Waals surface area contributed by atoms with E-state index in [4.69, 9.17) is 4.74 Å². The number of fused-ring (bicyclic) bond motifs is 1. The second kappa shape index (κ2) is 12.7. The fourth-order valence-electron chi connectivity index (χ4n) is 4.62. The van der Waals surface area contributed by atoms with Crippen LogP contribution < -0.4 is 0 Å². The Kier molecular flexibility index (Phi) is 8.87. The monoisotopic (exact) mass is 483 g/mol. The van der Waals surface area contributed by atoms with E-state index < -0.39 is 0 Å². The minimum atomic E-state index is -0.279. The van der Waals surface area contributed by atoms with E-state index in [1.165, 1.54) is 0 Å². The maximum atomic E-state index is 10.0. The van der Waals surface area contributed by atoms with Gasteiger partial charge in [-0.1, -0.05) is 110 Å². The van der Waals surface area contributed by atoms with Crippen LogP contribution in [0, 0.1) is 18.3 Å². The molecule has 0 aliphatic carbocycles. The molecule has 0 bridgehead atoms. The highest BCUT2D eigenvalue weighted by Gasteiger charge is 2.19. The number of hydrogen-bond acceptors (Lipinski definition) is 2. The molecule has 184 valence electrons. The van der Waals surface area contributed by atoms with Crippen molar-refractivity contribution in [3.8, 4) is 17.2 Å². The average Bonchev–Trinajstić information content (AvgIpc) is 2.94. The molecule has 0 aliphatic rings. The Balaban J connectivity index is 1.83. The Bertz CT molecular complexity index is 1490. The van der Waals surface area contributed by atoms with E-state index in [0.717, 1.165) is 50.6 Å². The number of nitrogens with zero attached hydrogens (tertiary/aromatic N) is 1. The van der Waals surface area contributed by atoms with Crippen LogP contribution in [-0.4, -0.2) is 0 Å². The van der Waals surface area contributed by atoms with E-state index in [-0.39, 0.29) is 6.10 Å². The van der Waals surface area contributed by atoms with Gasteiger partial charge in [0.05, 0.1) is 18.2 Å². The molecule has 0 N–H and O–H groups in total. The van der Waals surface area contributed by atoms with Gasteiger partial charge in [0.2, 0.25) is 0 Å². The summed E-state index contributed by atoms with van der Waals surface area (Å²) in [6.07, 6.45) is 11.2. The van der Waals surface area contributed by atoms with Crippen LogP contribution in [0.5, 0.6) is 0 Å². The Hall–Kier alpha value is -4.19. The quantitative estimate of drug-likeness (QED) is 0.222. The molecule has 0 spiro atoms. The lowest BCUT2D eigenvalue weighted by Gasteiger charge is -2.22. The van der Waals surface area contributed by atoms with E-state index in [2.05, 4.69) is 98.8 Å². The molecule has 2 heteroatoms. The van der Waals surface area contributed by atoms with E-state index in [9.17, 15) is 5.26 Å². The van der Waals surface area contributed by atoms with Crippen molar-refractivity contribution in [3.63, 3.8) is 0 Å². The summed E-state index contributed by atoms with van der Waals surface area (Å²) < 4.78 is 6.58. The van der Waals surface area contributed by atoms with Gasteiger partial charge in [-0.15, -0.1) is 0 Å². The maximum Gasteiger partial charge on any atom is 0.108 e. The largest absolute Gasteiger partial charge is 0.364 e. The van der Waals surface area contributed by atoms with Crippen molar-refractivity contribution in [1.82, 2.24) is 0 Å². The van der Waals surface area contributed by atoms with Gasteiger partial charge in [0.1, 0.15) is 6.10 Å². The van der Waals surface area contributed by atoms with Crippen molar-refractivity contribution >= 4 is 10.8 Å². The maximum absolute atomic E-state index is 10.0. The SMILES string of the molecule is C\C=C(/C=C\C=C\CC)C(OCc1ccccc1)c1ccc(C#N)c(-c2c(C)ccc3ccccc23)c1. The molecule has 1 atom stereocenters. The topological polar surface area (TPSA) is 33.0 Å². The van der Waals surface area contributed by atoms with Crippen molar-refractivity contribution in [2.75, 3.05) is 0 Å². The Morgan fingerprint density at radius 2 is 1.73 bits per heavy atom. The van der Waals surface area contributed by atoms with Crippen LogP contribution in [0.2, 0.25) is 0 Å². The van der Waals surface area contributed by atoms with Gasteiger partial charge in [0, 0.05) is 5.56 Å². The first-order valence-electron chi connectivity index (χ1n) is 12.8. The molecule has 0 saturated carbocycles. The molecule has 0 amide bonds.